The number of halogens is 5. The summed E-state index contributed by atoms with van der Waals surface area (Å²) in [5, 5.41) is 2.87. The number of aryl methyl sites for hydroxylation is 1. The molecule has 7 heteroatoms. The summed E-state index contributed by atoms with van der Waals surface area (Å²) in [5.74, 6) is -1.46. The number of hydrogen-bond acceptors (Lipinski definition) is 2. The SMILES string of the molecule is C=C(Nc1ccc(N(c2cc(C(F)(F)F)ccc2C)C(C)C)cc1)c1c(F)cccc1F. The molecule has 0 amide bonds. The largest absolute Gasteiger partial charge is 0.416 e. The van der Waals surface area contributed by atoms with E-state index in [-0.39, 0.29) is 17.3 Å². The molecule has 0 heterocycles. The molecule has 0 saturated carbocycles. The molecule has 0 radical (unpaired) electrons. The number of nitrogens with zero attached hydrogens (tertiary/aromatic N) is 1. The number of hydrogen-bond donors (Lipinski definition) is 1. The van der Waals surface area contributed by atoms with Crippen LogP contribution in [0.4, 0.5) is 39.0 Å². The third kappa shape index (κ3) is 4.93. The van der Waals surface area contributed by atoms with E-state index in [0.29, 0.717) is 22.6 Å². The van der Waals surface area contributed by atoms with Crippen molar-refractivity contribution in [2.45, 2.75) is 33.0 Å². The Bertz CT molecular complexity index is 1100. The van der Waals surface area contributed by atoms with E-state index in [1.54, 1.807) is 36.1 Å². The van der Waals surface area contributed by atoms with Crippen LogP contribution in [-0.2, 0) is 6.18 Å². The van der Waals surface area contributed by atoms with Gasteiger partial charge in [-0.1, -0.05) is 18.7 Å². The van der Waals surface area contributed by atoms with Gasteiger partial charge in [-0.15, -0.1) is 0 Å². The molecule has 3 rings (SSSR count). The maximum Gasteiger partial charge on any atom is 0.416 e. The van der Waals surface area contributed by atoms with Crippen LogP contribution in [-0.4, -0.2) is 6.04 Å². The Kier molecular flexibility index (Phi) is 6.57. The van der Waals surface area contributed by atoms with Gasteiger partial charge in [0.2, 0.25) is 0 Å². The van der Waals surface area contributed by atoms with Crippen molar-refractivity contribution in [3.05, 3.63) is 95.6 Å². The van der Waals surface area contributed by atoms with Crippen LogP contribution >= 0.6 is 0 Å². The van der Waals surface area contributed by atoms with Crippen LogP contribution in [0, 0.1) is 18.6 Å². The second-order valence-electron chi connectivity index (χ2n) is 7.71. The quantitative estimate of drug-likeness (QED) is 0.387. The van der Waals surface area contributed by atoms with Crippen LogP contribution in [0.1, 0.15) is 30.5 Å². The first-order valence-electron chi connectivity index (χ1n) is 9.96. The normalized spacial score (nSPS) is 11.5. The average Bonchev–Trinajstić information content (AvgIpc) is 2.69. The minimum atomic E-state index is -4.44. The second-order valence-corrected chi connectivity index (χ2v) is 7.71. The molecule has 0 fully saturated rings. The summed E-state index contributed by atoms with van der Waals surface area (Å²) in [6.07, 6.45) is -4.44. The summed E-state index contributed by atoms with van der Waals surface area (Å²) in [6.45, 7) is 9.24. The molecule has 32 heavy (non-hydrogen) atoms. The minimum Gasteiger partial charge on any atom is -0.355 e. The van der Waals surface area contributed by atoms with Crippen molar-refractivity contribution in [2.24, 2.45) is 0 Å². The predicted molar refractivity (Wildman–Crippen MR) is 119 cm³/mol. The molecule has 0 aliphatic heterocycles. The Morgan fingerprint density at radius 2 is 1.53 bits per heavy atom. The predicted octanol–water partition coefficient (Wildman–Crippen LogP) is 7.92. The van der Waals surface area contributed by atoms with E-state index in [9.17, 15) is 22.0 Å². The molecule has 0 saturated heterocycles. The molecule has 0 bridgehead atoms. The van der Waals surface area contributed by atoms with E-state index in [1.807, 2.05) is 13.8 Å². The third-order valence-electron chi connectivity index (χ3n) is 5.02. The van der Waals surface area contributed by atoms with Crippen LogP contribution in [0.3, 0.4) is 0 Å². The van der Waals surface area contributed by atoms with Gasteiger partial charge in [0.15, 0.2) is 0 Å². The fourth-order valence-corrected chi connectivity index (χ4v) is 3.49. The third-order valence-corrected chi connectivity index (χ3v) is 5.02. The Labute approximate surface area is 184 Å². The molecule has 0 spiro atoms. The smallest absolute Gasteiger partial charge is 0.355 e. The van der Waals surface area contributed by atoms with Crippen LogP contribution in [0.25, 0.3) is 5.70 Å². The van der Waals surface area contributed by atoms with E-state index in [4.69, 9.17) is 0 Å². The highest BCUT2D eigenvalue weighted by Gasteiger charge is 2.31. The van der Waals surface area contributed by atoms with E-state index < -0.39 is 23.4 Å². The summed E-state index contributed by atoms with van der Waals surface area (Å²) in [7, 11) is 0. The lowest BCUT2D eigenvalue weighted by Gasteiger charge is -2.31. The van der Waals surface area contributed by atoms with Crippen molar-refractivity contribution in [1.82, 2.24) is 0 Å². The molecule has 3 aromatic rings. The van der Waals surface area contributed by atoms with Crippen molar-refractivity contribution < 1.29 is 22.0 Å². The van der Waals surface area contributed by atoms with Gasteiger partial charge in [0.1, 0.15) is 11.6 Å². The van der Waals surface area contributed by atoms with E-state index in [1.165, 1.54) is 12.1 Å². The highest BCUT2D eigenvalue weighted by atomic mass is 19.4. The Morgan fingerprint density at radius 3 is 2.06 bits per heavy atom. The maximum absolute atomic E-state index is 14.0. The minimum absolute atomic E-state index is 0.0581. The molecular formula is C25H23F5N2. The lowest BCUT2D eigenvalue weighted by atomic mass is 10.1. The Balaban J connectivity index is 1.90. The molecule has 0 unspecified atom stereocenters. The van der Waals surface area contributed by atoms with Crippen molar-refractivity contribution >= 4 is 22.8 Å². The first-order chi connectivity index (χ1) is 15.0. The molecular weight excluding hydrogens is 423 g/mol. The van der Waals surface area contributed by atoms with Crippen LogP contribution < -0.4 is 10.2 Å². The van der Waals surface area contributed by atoms with Crippen molar-refractivity contribution in [1.29, 1.82) is 0 Å². The lowest BCUT2D eigenvalue weighted by molar-refractivity contribution is -0.137. The van der Waals surface area contributed by atoms with Crippen molar-refractivity contribution in [2.75, 3.05) is 10.2 Å². The Morgan fingerprint density at radius 1 is 0.938 bits per heavy atom. The first kappa shape index (κ1) is 23.3. The monoisotopic (exact) mass is 446 g/mol. The molecule has 0 atom stereocenters. The van der Waals surface area contributed by atoms with Gasteiger partial charge in [0, 0.05) is 28.8 Å². The topological polar surface area (TPSA) is 15.3 Å². The molecule has 0 aliphatic carbocycles. The number of alkyl halides is 3. The molecule has 0 aliphatic rings. The summed E-state index contributed by atoms with van der Waals surface area (Å²) < 4.78 is 67.7. The van der Waals surface area contributed by atoms with Gasteiger partial charge in [-0.25, -0.2) is 8.78 Å². The van der Waals surface area contributed by atoms with Gasteiger partial charge in [-0.3, -0.25) is 0 Å². The molecule has 3 aromatic carbocycles. The molecule has 1 N–H and O–H groups in total. The highest BCUT2D eigenvalue weighted by molar-refractivity contribution is 5.77. The van der Waals surface area contributed by atoms with Gasteiger partial charge in [0.25, 0.3) is 0 Å². The number of benzene rings is 3. The van der Waals surface area contributed by atoms with Gasteiger partial charge in [0.05, 0.1) is 11.1 Å². The summed E-state index contributed by atoms with van der Waals surface area (Å²) in [5.41, 5.74) is 1.46. The summed E-state index contributed by atoms with van der Waals surface area (Å²) >= 11 is 0. The second kappa shape index (κ2) is 9.02. The maximum atomic E-state index is 14.0. The zero-order valence-electron chi connectivity index (χ0n) is 17.9. The van der Waals surface area contributed by atoms with E-state index >= 15 is 0 Å². The average molecular weight is 446 g/mol. The van der Waals surface area contributed by atoms with Crippen molar-refractivity contribution in [3.63, 3.8) is 0 Å². The Hall–Kier alpha value is -3.35. The number of rotatable bonds is 6. The van der Waals surface area contributed by atoms with Gasteiger partial charge < -0.3 is 10.2 Å². The zero-order chi connectivity index (χ0) is 23.6. The lowest BCUT2D eigenvalue weighted by Crippen LogP contribution is -2.26. The van der Waals surface area contributed by atoms with Gasteiger partial charge in [-0.2, -0.15) is 13.2 Å². The fourth-order valence-electron chi connectivity index (χ4n) is 3.49. The first-order valence-corrected chi connectivity index (χ1v) is 9.96. The molecule has 0 aromatic heterocycles. The zero-order valence-corrected chi connectivity index (χ0v) is 17.9. The van der Waals surface area contributed by atoms with Gasteiger partial charge >= 0.3 is 6.18 Å². The van der Waals surface area contributed by atoms with Crippen LogP contribution in [0.2, 0.25) is 0 Å². The van der Waals surface area contributed by atoms with Crippen molar-refractivity contribution in [3.8, 4) is 0 Å². The summed E-state index contributed by atoms with van der Waals surface area (Å²) in [6, 6.07) is 13.9. The highest BCUT2D eigenvalue weighted by Crippen LogP contribution is 2.37. The fraction of sp³-hybridized carbons (Fsp3) is 0.200. The summed E-state index contributed by atoms with van der Waals surface area (Å²) in [4.78, 5) is 1.81. The number of anilines is 3. The van der Waals surface area contributed by atoms with Crippen LogP contribution in [0.15, 0.2) is 67.2 Å². The number of nitrogens with one attached hydrogen (secondary N) is 1. The van der Waals surface area contributed by atoms with Crippen LogP contribution in [0.5, 0.6) is 0 Å². The van der Waals surface area contributed by atoms with E-state index in [0.717, 1.165) is 24.3 Å². The molecule has 2 nitrogen and oxygen atoms in total. The molecule has 168 valence electrons. The van der Waals surface area contributed by atoms with E-state index in [2.05, 4.69) is 11.9 Å². The van der Waals surface area contributed by atoms with Gasteiger partial charge in [-0.05, 0) is 74.9 Å². The standard InChI is InChI=1S/C25H23F5N2/c1-15(2)32(23-14-18(25(28,29)30)9-8-16(23)3)20-12-10-19(11-13-20)31-17(4)24-21(26)6-5-7-22(24)27/h5-15,31H,4H2,1-3H3.